The van der Waals surface area contributed by atoms with E-state index in [1.165, 1.54) is 0 Å². The molecule has 0 N–H and O–H groups in total. The van der Waals surface area contributed by atoms with Crippen molar-refractivity contribution in [2.75, 3.05) is 0 Å². The molecule has 0 aromatic heterocycles. The van der Waals surface area contributed by atoms with Crippen LogP contribution in [0.15, 0.2) is 0 Å². The van der Waals surface area contributed by atoms with Crippen molar-refractivity contribution in [1.29, 1.82) is 0 Å². The van der Waals surface area contributed by atoms with E-state index < -0.39 is 6.91 Å². The first kappa shape index (κ1) is 18.4. The van der Waals surface area contributed by atoms with Crippen molar-refractivity contribution >= 4 is 6.91 Å². The number of halogens is 1. The normalized spacial score (nSPS) is 18.4. The molecule has 18 heavy (non-hydrogen) atoms. The molecule has 0 fully saturated rings. The van der Waals surface area contributed by atoms with E-state index in [1.54, 1.807) is 0 Å². The van der Waals surface area contributed by atoms with E-state index in [9.17, 15) is 0 Å². The zero-order valence-corrected chi connectivity index (χ0v) is 15.7. The van der Waals surface area contributed by atoms with Gasteiger partial charge in [-0.05, 0) is 0 Å². The maximum absolute atomic E-state index is 17.3. The van der Waals surface area contributed by atoms with E-state index in [-0.39, 0.29) is 20.6 Å². The summed E-state index contributed by atoms with van der Waals surface area (Å²) in [6.07, 6.45) is 0. The second-order valence-electron chi connectivity index (χ2n) is 9.69. The fraction of sp³-hybridized carbons (Fsp3) is 1.00. The third-order valence-corrected chi connectivity index (χ3v) is 15.1. The molecule has 112 valence electrons. The molecule has 0 rings (SSSR count). The van der Waals surface area contributed by atoms with E-state index in [1.807, 2.05) is 0 Å². The van der Waals surface area contributed by atoms with Gasteiger partial charge in [-0.25, -0.2) is 0 Å². The molecule has 0 nitrogen and oxygen atoms in total. The molecule has 0 aliphatic heterocycles. The van der Waals surface area contributed by atoms with E-state index in [0.29, 0.717) is 0 Å². The summed E-state index contributed by atoms with van der Waals surface area (Å²) in [5, 5.41) is -1.33. The Hall–Kier alpha value is 0.360. The monoisotopic (exact) mass is 278 g/mol. The second kappa shape index (κ2) is 3.94. The average Bonchev–Trinajstić information content (AvgIpc) is 1.92. The third-order valence-electron chi connectivity index (χ3n) is 5.04. The van der Waals surface area contributed by atoms with Gasteiger partial charge >= 0.3 is 115 Å². The van der Waals surface area contributed by atoms with Crippen LogP contribution in [0.5, 0.6) is 0 Å². The van der Waals surface area contributed by atoms with Crippen LogP contribution < -0.4 is 0 Å². The van der Waals surface area contributed by atoms with Gasteiger partial charge in [-0.1, -0.05) is 0 Å². The fourth-order valence-electron chi connectivity index (χ4n) is 6.04. The summed E-state index contributed by atoms with van der Waals surface area (Å²) < 4.78 is 17.3. The molecule has 0 aromatic carbocycles. The quantitative estimate of drug-likeness (QED) is 0.437. The van der Waals surface area contributed by atoms with Crippen LogP contribution in [0.4, 0.5) is 4.20 Å². The Bertz CT molecular complexity index is 247. The van der Waals surface area contributed by atoms with Crippen molar-refractivity contribution in [3.63, 3.8) is 0 Å². The first-order valence-corrected chi connectivity index (χ1v) is 9.19. The SMILES string of the molecule is CC(C)(C)P(F)(C(C)(C)C)(C(C)(C)C)C(C)(C)C. The summed E-state index contributed by atoms with van der Waals surface area (Å²) in [5.41, 5.74) is 0. The van der Waals surface area contributed by atoms with E-state index in [0.717, 1.165) is 0 Å². The van der Waals surface area contributed by atoms with Crippen LogP contribution in [0.25, 0.3) is 0 Å². The zero-order chi connectivity index (χ0) is 15.4. The summed E-state index contributed by atoms with van der Waals surface area (Å²) in [7, 11) is 0. The van der Waals surface area contributed by atoms with Gasteiger partial charge in [0.1, 0.15) is 0 Å². The van der Waals surface area contributed by atoms with Crippen molar-refractivity contribution < 1.29 is 4.20 Å². The Labute approximate surface area is 115 Å². The molecule has 0 heterocycles. The number of hydrogen-bond donors (Lipinski definition) is 0. The van der Waals surface area contributed by atoms with Crippen molar-refractivity contribution in [3.8, 4) is 0 Å². The Morgan fingerprint density at radius 2 is 0.556 bits per heavy atom. The number of hydrogen-bond acceptors (Lipinski definition) is 0. The fourth-order valence-corrected chi connectivity index (χ4v) is 18.1. The topological polar surface area (TPSA) is 0 Å². The predicted octanol–water partition coefficient (Wildman–Crippen LogP) is 6.62. The van der Waals surface area contributed by atoms with E-state index in [2.05, 4.69) is 83.1 Å². The molecule has 0 atom stereocenters. The van der Waals surface area contributed by atoms with Crippen molar-refractivity contribution in [2.45, 2.75) is 104 Å². The Balaban J connectivity index is 6.90. The van der Waals surface area contributed by atoms with Crippen molar-refractivity contribution in [2.24, 2.45) is 0 Å². The molecular weight excluding hydrogens is 242 g/mol. The van der Waals surface area contributed by atoms with E-state index >= 15 is 4.20 Å². The van der Waals surface area contributed by atoms with E-state index in [4.69, 9.17) is 0 Å². The molecule has 0 radical (unpaired) electrons. The van der Waals surface area contributed by atoms with Gasteiger partial charge in [-0.15, -0.1) is 0 Å². The zero-order valence-electron chi connectivity index (χ0n) is 14.8. The minimum absolute atomic E-state index is 0.333. The van der Waals surface area contributed by atoms with Gasteiger partial charge in [0, 0.05) is 0 Å². The van der Waals surface area contributed by atoms with Crippen LogP contribution in [0.1, 0.15) is 83.1 Å². The molecule has 0 aliphatic rings. The van der Waals surface area contributed by atoms with Crippen LogP contribution >= 0.6 is 6.91 Å². The molecule has 0 amide bonds. The van der Waals surface area contributed by atoms with Crippen molar-refractivity contribution in [3.05, 3.63) is 0 Å². The second-order valence-corrected chi connectivity index (χ2v) is 17.1. The van der Waals surface area contributed by atoms with Crippen LogP contribution in [0.3, 0.4) is 0 Å². The van der Waals surface area contributed by atoms with Crippen LogP contribution in [-0.2, 0) is 0 Å². The van der Waals surface area contributed by atoms with Gasteiger partial charge in [0.15, 0.2) is 0 Å². The van der Waals surface area contributed by atoms with Crippen LogP contribution in [0.2, 0.25) is 0 Å². The summed E-state index contributed by atoms with van der Waals surface area (Å²) in [6.45, 7) is 21.6. The summed E-state index contributed by atoms with van der Waals surface area (Å²) in [5.74, 6) is 0. The van der Waals surface area contributed by atoms with Gasteiger partial charge in [-0.2, -0.15) is 0 Å². The molecular formula is C16H36FP. The third kappa shape index (κ3) is 1.65. The van der Waals surface area contributed by atoms with Crippen LogP contribution in [0, 0.1) is 0 Å². The predicted molar refractivity (Wildman–Crippen MR) is 87.0 cm³/mol. The van der Waals surface area contributed by atoms with Gasteiger partial charge in [0.25, 0.3) is 0 Å². The van der Waals surface area contributed by atoms with Crippen LogP contribution in [-0.4, -0.2) is 20.6 Å². The molecule has 0 aromatic rings. The first-order valence-electron chi connectivity index (χ1n) is 7.06. The minimum atomic E-state index is -3.61. The molecule has 2 heteroatoms. The molecule has 0 saturated heterocycles. The molecule has 0 unspecified atom stereocenters. The first-order chi connectivity index (χ1) is 7.34. The van der Waals surface area contributed by atoms with Gasteiger partial charge < -0.3 is 0 Å². The average molecular weight is 278 g/mol. The Morgan fingerprint density at radius 3 is 0.556 bits per heavy atom. The summed E-state index contributed by atoms with van der Waals surface area (Å²) >= 11 is 0. The van der Waals surface area contributed by atoms with Gasteiger partial charge in [-0.3, -0.25) is 0 Å². The Morgan fingerprint density at radius 1 is 0.444 bits per heavy atom. The molecule has 0 aliphatic carbocycles. The van der Waals surface area contributed by atoms with Crippen molar-refractivity contribution in [1.82, 2.24) is 0 Å². The maximum atomic E-state index is 17.3. The molecule has 0 bridgehead atoms. The summed E-state index contributed by atoms with van der Waals surface area (Å²) in [4.78, 5) is 0. The van der Waals surface area contributed by atoms with Gasteiger partial charge in [0.2, 0.25) is 0 Å². The standard InChI is InChI=1S/C16H36FP/c1-13(2,3)18(17,14(4,5)6,15(7,8)9)16(10,11)12/h1-12H3. The summed E-state index contributed by atoms with van der Waals surface area (Å²) in [6, 6.07) is 0. The van der Waals surface area contributed by atoms with Gasteiger partial charge in [0.05, 0.1) is 0 Å². The Kier molecular flexibility index (Phi) is 4.01. The number of rotatable bonds is 0. The molecule has 0 spiro atoms. The molecule has 0 saturated carbocycles.